The summed E-state index contributed by atoms with van der Waals surface area (Å²) in [6, 6.07) is -0.447. The highest BCUT2D eigenvalue weighted by molar-refractivity contribution is 5.73. The van der Waals surface area contributed by atoms with Gasteiger partial charge in [-0.3, -0.25) is 0 Å². The van der Waals surface area contributed by atoms with Gasteiger partial charge in [0.2, 0.25) is 0 Å². The van der Waals surface area contributed by atoms with Gasteiger partial charge in [-0.25, -0.2) is 13.6 Å². The van der Waals surface area contributed by atoms with E-state index in [1.807, 2.05) is 0 Å². The SMILES string of the molecule is CNC(=O)NCC(C)(C)C(C)(F)F. The lowest BCUT2D eigenvalue weighted by Gasteiger charge is -2.31. The molecule has 0 aromatic heterocycles. The van der Waals surface area contributed by atoms with E-state index in [-0.39, 0.29) is 6.54 Å². The smallest absolute Gasteiger partial charge is 0.314 e. The molecule has 0 spiro atoms. The molecule has 0 saturated heterocycles. The van der Waals surface area contributed by atoms with E-state index >= 15 is 0 Å². The molecule has 0 unspecified atom stereocenters. The molecular weight excluding hydrogens is 178 g/mol. The van der Waals surface area contributed by atoms with Crippen LogP contribution < -0.4 is 10.6 Å². The number of urea groups is 1. The van der Waals surface area contributed by atoms with Crippen molar-refractivity contribution in [1.82, 2.24) is 10.6 Å². The normalized spacial score (nSPS) is 12.5. The van der Waals surface area contributed by atoms with Crippen LogP contribution in [0.15, 0.2) is 0 Å². The lowest BCUT2D eigenvalue weighted by atomic mass is 9.86. The molecule has 0 aromatic rings. The summed E-state index contributed by atoms with van der Waals surface area (Å²) in [5.74, 6) is -2.81. The van der Waals surface area contributed by atoms with Crippen LogP contribution in [0.1, 0.15) is 20.8 Å². The van der Waals surface area contributed by atoms with E-state index in [1.165, 1.54) is 20.9 Å². The largest absolute Gasteiger partial charge is 0.341 e. The van der Waals surface area contributed by atoms with Gasteiger partial charge >= 0.3 is 6.03 Å². The lowest BCUT2D eigenvalue weighted by Crippen LogP contribution is -2.46. The van der Waals surface area contributed by atoms with Crippen molar-refractivity contribution >= 4 is 6.03 Å². The highest BCUT2D eigenvalue weighted by atomic mass is 19.3. The Hall–Kier alpha value is -0.870. The van der Waals surface area contributed by atoms with Crippen molar-refractivity contribution < 1.29 is 13.6 Å². The number of nitrogens with one attached hydrogen (secondary N) is 2. The molecule has 0 saturated carbocycles. The topological polar surface area (TPSA) is 41.1 Å². The van der Waals surface area contributed by atoms with Gasteiger partial charge in [-0.1, -0.05) is 13.8 Å². The standard InChI is InChI=1S/C8H16F2N2O/c1-7(2,8(3,9)10)5-12-6(13)11-4/h5H2,1-4H3,(H2,11,12,13). The van der Waals surface area contributed by atoms with Crippen LogP contribution in [0.5, 0.6) is 0 Å². The first-order valence-corrected chi connectivity index (χ1v) is 4.04. The van der Waals surface area contributed by atoms with Crippen molar-refractivity contribution in [3.63, 3.8) is 0 Å². The number of alkyl halides is 2. The molecule has 0 aliphatic rings. The van der Waals surface area contributed by atoms with Crippen LogP contribution in [0.3, 0.4) is 0 Å². The molecule has 5 heteroatoms. The molecule has 0 aromatic carbocycles. The average Bonchev–Trinajstić information content (AvgIpc) is 1.98. The maximum absolute atomic E-state index is 12.9. The Morgan fingerprint density at radius 3 is 2.08 bits per heavy atom. The quantitative estimate of drug-likeness (QED) is 0.704. The summed E-state index contributed by atoms with van der Waals surface area (Å²) in [6.07, 6.45) is 0. The number of amides is 2. The highest BCUT2D eigenvalue weighted by Crippen LogP contribution is 2.34. The van der Waals surface area contributed by atoms with Crippen molar-refractivity contribution in [2.24, 2.45) is 5.41 Å². The predicted octanol–water partition coefficient (Wildman–Crippen LogP) is 1.60. The van der Waals surface area contributed by atoms with Gasteiger partial charge < -0.3 is 10.6 Å². The zero-order valence-electron chi connectivity index (χ0n) is 8.37. The van der Waals surface area contributed by atoms with Gasteiger partial charge in [-0.05, 0) is 6.92 Å². The van der Waals surface area contributed by atoms with Gasteiger partial charge in [0.15, 0.2) is 0 Å². The Morgan fingerprint density at radius 1 is 1.31 bits per heavy atom. The van der Waals surface area contributed by atoms with Gasteiger partial charge in [0, 0.05) is 19.0 Å². The number of carbonyl (C=O) groups is 1. The van der Waals surface area contributed by atoms with Gasteiger partial charge in [0.25, 0.3) is 5.92 Å². The Labute approximate surface area is 76.9 Å². The molecule has 0 heterocycles. The average molecular weight is 194 g/mol. The van der Waals surface area contributed by atoms with Crippen molar-refractivity contribution in [3.8, 4) is 0 Å². The summed E-state index contributed by atoms with van der Waals surface area (Å²) in [5, 5.41) is 4.64. The first kappa shape index (κ1) is 12.1. The van der Waals surface area contributed by atoms with Crippen molar-refractivity contribution in [2.75, 3.05) is 13.6 Å². The summed E-state index contributed by atoms with van der Waals surface area (Å²) < 4.78 is 25.8. The minimum Gasteiger partial charge on any atom is -0.341 e. The van der Waals surface area contributed by atoms with Crippen LogP contribution in [0, 0.1) is 5.41 Å². The first-order chi connectivity index (χ1) is 5.70. The number of hydrogen-bond donors (Lipinski definition) is 2. The molecule has 13 heavy (non-hydrogen) atoms. The maximum atomic E-state index is 12.9. The predicted molar refractivity (Wildman–Crippen MR) is 46.9 cm³/mol. The zero-order chi connectivity index (χ0) is 10.7. The van der Waals surface area contributed by atoms with Gasteiger partial charge in [0.1, 0.15) is 0 Å². The Morgan fingerprint density at radius 2 is 1.77 bits per heavy atom. The first-order valence-electron chi connectivity index (χ1n) is 4.04. The third kappa shape index (κ3) is 3.57. The van der Waals surface area contributed by atoms with E-state index < -0.39 is 17.4 Å². The van der Waals surface area contributed by atoms with Crippen LogP contribution in [-0.4, -0.2) is 25.5 Å². The lowest BCUT2D eigenvalue weighted by molar-refractivity contribution is -0.0855. The van der Waals surface area contributed by atoms with Crippen LogP contribution in [0.25, 0.3) is 0 Å². The van der Waals surface area contributed by atoms with Crippen LogP contribution >= 0.6 is 0 Å². The van der Waals surface area contributed by atoms with E-state index in [1.54, 1.807) is 0 Å². The maximum Gasteiger partial charge on any atom is 0.314 e. The number of halogens is 2. The Bertz CT molecular complexity index is 187. The molecular formula is C8H16F2N2O. The Kier molecular flexibility index (Phi) is 3.63. The summed E-state index contributed by atoms with van der Waals surface area (Å²) >= 11 is 0. The van der Waals surface area contributed by atoms with Crippen molar-refractivity contribution in [1.29, 1.82) is 0 Å². The fourth-order valence-electron chi connectivity index (χ4n) is 0.545. The van der Waals surface area contributed by atoms with Gasteiger partial charge in [-0.2, -0.15) is 0 Å². The highest BCUT2D eigenvalue weighted by Gasteiger charge is 2.41. The zero-order valence-corrected chi connectivity index (χ0v) is 8.37. The fraction of sp³-hybridized carbons (Fsp3) is 0.875. The molecule has 0 radical (unpaired) electrons. The van der Waals surface area contributed by atoms with E-state index in [9.17, 15) is 13.6 Å². The molecule has 0 fully saturated rings. The van der Waals surface area contributed by atoms with Crippen molar-refractivity contribution in [2.45, 2.75) is 26.7 Å². The monoisotopic (exact) mass is 194 g/mol. The molecule has 78 valence electrons. The second-order valence-corrected chi connectivity index (χ2v) is 3.70. The van der Waals surface area contributed by atoms with Crippen molar-refractivity contribution in [3.05, 3.63) is 0 Å². The minimum atomic E-state index is -2.81. The second-order valence-electron chi connectivity index (χ2n) is 3.70. The Balaban J connectivity index is 4.12. The molecule has 0 aliphatic heterocycles. The van der Waals surface area contributed by atoms with Crippen LogP contribution in [-0.2, 0) is 0 Å². The van der Waals surface area contributed by atoms with Gasteiger partial charge in [0.05, 0.1) is 0 Å². The molecule has 2 N–H and O–H groups in total. The summed E-state index contributed by atoms with van der Waals surface area (Å²) in [7, 11) is 1.44. The van der Waals surface area contributed by atoms with E-state index in [0.29, 0.717) is 0 Å². The summed E-state index contributed by atoms with van der Waals surface area (Å²) in [5.41, 5.74) is -1.24. The summed E-state index contributed by atoms with van der Waals surface area (Å²) in [4.78, 5) is 10.7. The molecule has 2 amide bonds. The third-order valence-corrected chi connectivity index (χ3v) is 2.11. The minimum absolute atomic E-state index is 0.0594. The summed E-state index contributed by atoms with van der Waals surface area (Å²) in [6.45, 7) is 3.60. The third-order valence-electron chi connectivity index (χ3n) is 2.11. The van der Waals surface area contributed by atoms with E-state index in [2.05, 4.69) is 10.6 Å². The molecule has 0 rings (SSSR count). The van der Waals surface area contributed by atoms with Crippen LogP contribution in [0.2, 0.25) is 0 Å². The van der Waals surface area contributed by atoms with E-state index in [4.69, 9.17) is 0 Å². The number of carbonyl (C=O) groups excluding carboxylic acids is 1. The second kappa shape index (κ2) is 3.89. The molecule has 0 bridgehead atoms. The molecule has 0 aliphatic carbocycles. The fourth-order valence-corrected chi connectivity index (χ4v) is 0.545. The molecule has 3 nitrogen and oxygen atoms in total. The molecule has 0 atom stereocenters. The number of rotatable bonds is 3. The number of hydrogen-bond acceptors (Lipinski definition) is 1. The van der Waals surface area contributed by atoms with E-state index in [0.717, 1.165) is 6.92 Å². The van der Waals surface area contributed by atoms with Crippen LogP contribution in [0.4, 0.5) is 13.6 Å². The van der Waals surface area contributed by atoms with Gasteiger partial charge in [-0.15, -0.1) is 0 Å².